The van der Waals surface area contributed by atoms with E-state index in [4.69, 9.17) is 14.2 Å². The Hall–Kier alpha value is -3.56. The van der Waals surface area contributed by atoms with Crippen LogP contribution in [0.3, 0.4) is 0 Å². The highest BCUT2D eigenvalue weighted by atomic mass is 16.6. The zero-order chi connectivity index (χ0) is 21.7. The summed E-state index contributed by atoms with van der Waals surface area (Å²) in [5.74, 6) is 0.593. The summed E-state index contributed by atoms with van der Waals surface area (Å²) >= 11 is 0. The maximum atomic E-state index is 12.5. The van der Waals surface area contributed by atoms with Gasteiger partial charge in [-0.15, -0.1) is 0 Å². The van der Waals surface area contributed by atoms with E-state index in [1.54, 1.807) is 25.1 Å². The van der Waals surface area contributed by atoms with E-state index >= 15 is 0 Å². The molecule has 0 radical (unpaired) electrons. The first kappa shape index (κ1) is 21.2. The molecule has 2 amide bonds. The van der Waals surface area contributed by atoms with E-state index in [1.165, 1.54) is 25.2 Å². The molecule has 2 aromatic rings. The smallest absolute Gasteiger partial charge is 0.410 e. The fourth-order valence-corrected chi connectivity index (χ4v) is 3.16. The monoisotopic (exact) mass is 416 g/mol. The third kappa shape index (κ3) is 4.70. The zero-order valence-electron chi connectivity index (χ0n) is 17.1. The van der Waals surface area contributed by atoms with Crippen LogP contribution in [0.5, 0.6) is 11.5 Å². The molecule has 1 aromatic carbocycles. The summed E-state index contributed by atoms with van der Waals surface area (Å²) in [6.07, 6.45) is 0.0543. The van der Waals surface area contributed by atoms with Crippen LogP contribution in [-0.2, 0) is 29.0 Å². The van der Waals surface area contributed by atoms with E-state index < -0.39 is 17.6 Å². The van der Waals surface area contributed by atoms with Crippen molar-refractivity contribution < 1.29 is 23.8 Å². The number of anilines is 1. The number of nitrogens with zero attached hydrogens (tertiary/aromatic N) is 3. The molecule has 3 rings (SSSR count). The van der Waals surface area contributed by atoms with Crippen LogP contribution in [0.2, 0.25) is 0 Å². The van der Waals surface area contributed by atoms with E-state index in [1.807, 2.05) is 0 Å². The number of hydrogen-bond acceptors (Lipinski definition) is 7. The summed E-state index contributed by atoms with van der Waals surface area (Å²) < 4.78 is 16.5. The average Bonchev–Trinajstić information content (AvgIpc) is 2.74. The minimum absolute atomic E-state index is 0.254. The third-order valence-corrected chi connectivity index (χ3v) is 4.64. The van der Waals surface area contributed by atoms with Crippen molar-refractivity contribution in [3.8, 4) is 11.5 Å². The molecule has 2 heterocycles. The number of carbonyl (C=O) groups is 2. The first-order valence-electron chi connectivity index (χ1n) is 9.48. The Morgan fingerprint density at radius 1 is 1.20 bits per heavy atom. The molecule has 1 aromatic heterocycles. The number of aromatic nitrogens is 2. The molecule has 1 aliphatic heterocycles. The molecule has 0 saturated heterocycles. The Bertz CT molecular complexity index is 1000. The molecular weight excluding hydrogens is 392 g/mol. The van der Waals surface area contributed by atoms with Crippen molar-refractivity contribution in [3.05, 3.63) is 45.9 Å². The van der Waals surface area contributed by atoms with Crippen LogP contribution in [0.1, 0.15) is 18.2 Å². The zero-order valence-corrected chi connectivity index (χ0v) is 17.1. The standard InChI is InChI=1S/C20H24N4O6/c1-4-30-20(27)23-8-7-15-13(11-23)9-19(26)24(22-15)12-18(25)21-16-10-14(28-2)5-6-17(16)29-3/h5-6,9-10H,4,7-8,11-12H2,1-3H3,(H,21,25). The van der Waals surface area contributed by atoms with Gasteiger partial charge < -0.3 is 24.4 Å². The second kappa shape index (κ2) is 9.29. The van der Waals surface area contributed by atoms with Crippen LogP contribution in [0.25, 0.3) is 0 Å². The molecule has 0 bridgehead atoms. The minimum atomic E-state index is -0.430. The van der Waals surface area contributed by atoms with Crippen LogP contribution < -0.4 is 20.3 Å². The molecule has 10 nitrogen and oxygen atoms in total. The SMILES string of the molecule is CCOC(=O)N1CCc2nn(CC(=O)Nc3cc(OC)ccc3OC)c(=O)cc2C1. The predicted molar refractivity (Wildman–Crippen MR) is 108 cm³/mol. The minimum Gasteiger partial charge on any atom is -0.497 e. The summed E-state index contributed by atoms with van der Waals surface area (Å²) in [5, 5.41) is 7.03. The molecular formula is C20H24N4O6. The van der Waals surface area contributed by atoms with Crippen LogP contribution >= 0.6 is 0 Å². The highest BCUT2D eigenvalue weighted by Gasteiger charge is 2.24. The number of methoxy groups -OCH3 is 2. The number of fused-ring (bicyclic) bond motifs is 1. The number of nitrogens with one attached hydrogen (secondary N) is 1. The van der Waals surface area contributed by atoms with Gasteiger partial charge in [-0.25, -0.2) is 9.48 Å². The van der Waals surface area contributed by atoms with Crippen molar-refractivity contribution in [3.63, 3.8) is 0 Å². The van der Waals surface area contributed by atoms with Gasteiger partial charge in [-0.2, -0.15) is 5.10 Å². The molecule has 0 saturated carbocycles. The van der Waals surface area contributed by atoms with Crippen LogP contribution in [0.4, 0.5) is 10.5 Å². The van der Waals surface area contributed by atoms with Gasteiger partial charge in [0, 0.05) is 30.7 Å². The van der Waals surface area contributed by atoms with Gasteiger partial charge in [0.15, 0.2) is 0 Å². The molecule has 1 aliphatic rings. The van der Waals surface area contributed by atoms with Crippen molar-refractivity contribution in [2.75, 3.05) is 32.7 Å². The van der Waals surface area contributed by atoms with Crippen molar-refractivity contribution in [1.29, 1.82) is 0 Å². The summed E-state index contributed by atoms with van der Waals surface area (Å²) in [7, 11) is 3.01. The molecule has 0 spiro atoms. The predicted octanol–water partition coefficient (Wildman–Crippen LogP) is 1.41. The van der Waals surface area contributed by atoms with E-state index in [2.05, 4.69) is 10.4 Å². The van der Waals surface area contributed by atoms with Crippen molar-refractivity contribution in [1.82, 2.24) is 14.7 Å². The second-order valence-corrected chi connectivity index (χ2v) is 6.60. The molecule has 30 heavy (non-hydrogen) atoms. The molecule has 0 atom stereocenters. The Balaban J connectivity index is 1.73. The highest BCUT2D eigenvalue weighted by Crippen LogP contribution is 2.28. The molecule has 0 fully saturated rings. The number of ether oxygens (including phenoxy) is 3. The number of amides is 2. The lowest BCUT2D eigenvalue weighted by Crippen LogP contribution is -2.39. The second-order valence-electron chi connectivity index (χ2n) is 6.60. The van der Waals surface area contributed by atoms with E-state index in [0.29, 0.717) is 41.4 Å². The Morgan fingerprint density at radius 3 is 2.70 bits per heavy atom. The number of carbonyl (C=O) groups excluding carboxylic acids is 2. The summed E-state index contributed by atoms with van der Waals surface area (Å²) in [5.41, 5.74) is 1.34. The molecule has 160 valence electrons. The summed E-state index contributed by atoms with van der Waals surface area (Å²) in [6, 6.07) is 6.42. The normalized spacial score (nSPS) is 12.7. The van der Waals surface area contributed by atoms with Crippen LogP contribution in [0, 0.1) is 0 Å². The Morgan fingerprint density at radius 2 is 2.00 bits per heavy atom. The van der Waals surface area contributed by atoms with Gasteiger partial charge in [0.2, 0.25) is 5.91 Å². The lowest BCUT2D eigenvalue weighted by Gasteiger charge is -2.27. The van der Waals surface area contributed by atoms with Gasteiger partial charge in [0.05, 0.1) is 38.8 Å². The van der Waals surface area contributed by atoms with Gasteiger partial charge in [-0.05, 0) is 19.1 Å². The van der Waals surface area contributed by atoms with Gasteiger partial charge in [0.25, 0.3) is 5.56 Å². The van der Waals surface area contributed by atoms with Crippen molar-refractivity contribution in [2.45, 2.75) is 26.4 Å². The summed E-state index contributed by atoms with van der Waals surface area (Å²) in [4.78, 5) is 38.4. The van der Waals surface area contributed by atoms with Crippen LogP contribution in [0.15, 0.2) is 29.1 Å². The van der Waals surface area contributed by atoms with Gasteiger partial charge >= 0.3 is 6.09 Å². The van der Waals surface area contributed by atoms with Crippen LogP contribution in [-0.4, -0.2) is 54.1 Å². The highest BCUT2D eigenvalue weighted by molar-refractivity contribution is 5.92. The van der Waals surface area contributed by atoms with Gasteiger partial charge in [-0.1, -0.05) is 0 Å². The number of benzene rings is 1. The molecule has 0 unspecified atom stereocenters. The maximum Gasteiger partial charge on any atom is 0.410 e. The van der Waals surface area contributed by atoms with E-state index in [0.717, 1.165) is 4.68 Å². The quantitative estimate of drug-likeness (QED) is 0.758. The molecule has 1 N–H and O–H groups in total. The topological polar surface area (TPSA) is 112 Å². The third-order valence-electron chi connectivity index (χ3n) is 4.64. The molecule has 10 heteroatoms. The van der Waals surface area contributed by atoms with Crippen molar-refractivity contribution in [2.24, 2.45) is 0 Å². The van der Waals surface area contributed by atoms with Gasteiger partial charge in [0.1, 0.15) is 18.0 Å². The first-order valence-corrected chi connectivity index (χ1v) is 9.48. The fraction of sp³-hybridized carbons (Fsp3) is 0.400. The average molecular weight is 416 g/mol. The largest absolute Gasteiger partial charge is 0.497 e. The molecule has 0 aliphatic carbocycles. The lowest BCUT2D eigenvalue weighted by atomic mass is 10.1. The van der Waals surface area contributed by atoms with E-state index in [-0.39, 0.29) is 19.7 Å². The maximum absolute atomic E-state index is 12.5. The lowest BCUT2D eigenvalue weighted by molar-refractivity contribution is -0.117. The first-order chi connectivity index (χ1) is 14.4. The van der Waals surface area contributed by atoms with Gasteiger partial charge in [-0.3, -0.25) is 9.59 Å². The Kier molecular flexibility index (Phi) is 6.55. The Labute approximate surface area is 173 Å². The summed E-state index contributed by atoms with van der Waals surface area (Å²) in [6.45, 7) is 2.46. The fourth-order valence-electron chi connectivity index (χ4n) is 3.16. The van der Waals surface area contributed by atoms with E-state index in [9.17, 15) is 14.4 Å². The number of rotatable bonds is 6. The van der Waals surface area contributed by atoms with Crippen molar-refractivity contribution >= 4 is 17.7 Å². The number of hydrogen-bond donors (Lipinski definition) is 1.